The normalized spacial score (nSPS) is 12.3. The van der Waals surface area contributed by atoms with Crippen LogP contribution < -0.4 is 5.73 Å². The number of ether oxygens (including phenoxy) is 2. The number of rotatable bonds is 35. The lowest BCUT2D eigenvalue weighted by Crippen LogP contribution is -2.28. The van der Waals surface area contributed by atoms with Gasteiger partial charge in [-0.3, -0.25) is 14.2 Å². The molecule has 0 saturated heterocycles. The molecule has 0 aromatic heterocycles. The van der Waals surface area contributed by atoms with Gasteiger partial charge in [0.15, 0.2) is 6.10 Å². The van der Waals surface area contributed by atoms with E-state index in [0.717, 1.165) is 32.1 Å². The van der Waals surface area contributed by atoms with E-state index in [0.29, 0.717) is 12.8 Å². The van der Waals surface area contributed by atoms with E-state index in [1.807, 2.05) is 0 Å². The van der Waals surface area contributed by atoms with E-state index in [1.165, 1.54) is 135 Å². The van der Waals surface area contributed by atoms with Gasteiger partial charge in [-0.05, 0) is 12.8 Å². The highest BCUT2D eigenvalue weighted by Gasteiger charge is 2.16. The fourth-order valence-electron chi connectivity index (χ4n) is 5.35. The minimum Gasteiger partial charge on any atom is -0.462 e. The third kappa shape index (κ3) is 43.0. The van der Waals surface area contributed by atoms with Crippen molar-refractivity contribution in [2.75, 3.05) is 26.4 Å². The van der Waals surface area contributed by atoms with Crippen molar-refractivity contribution in [3.63, 3.8) is 0 Å². The molecule has 9 nitrogen and oxygen atoms in total. The monoisotopic (exact) mass is 694 g/mol. The highest BCUT2D eigenvalue weighted by atomic mass is 31.1. The molecule has 2 atom stereocenters. The number of carbonyl (C=O) groups excluding carboxylic acids is 2. The second kappa shape index (κ2) is 41.2. The summed E-state index contributed by atoms with van der Waals surface area (Å²) in [7, 11) is -2.73. The zero-order valence-corrected chi connectivity index (χ0v) is 31.6. The minimum absolute atomic E-state index is 0.0574. The van der Waals surface area contributed by atoms with E-state index in [-0.39, 0.29) is 38.3 Å². The molecule has 0 aliphatic heterocycles. The summed E-state index contributed by atoms with van der Waals surface area (Å²) < 4.78 is 24.4. The number of aliphatic hydroxyl groups excluding tert-OH is 1. The summed E-state index contributed by atoms with van der Waals surface area (Å²) in [6.45, 7) is 4.59. The van der Waals surface area contributed by atoms with Crippen molar-refractivity contribution in [2.24, 2.45) is 5.73 Å². The van der Waals surface area contributed by atoms with Gasteiger partial charge >= 0.3 is 20.2 Å². The highest BCUT2D eigenvalue weighted by molar-refractivity contribution is 7.32. The summed E-state index contributed by atoms with van der Waals surface area (Å²) in [6.07, 6.45) is 32.9. The van der Waals surface area contributed by atoms with Crippen LogP contribution in [-0.4, -0.2) is 54.4 Å². The zero-order valence-electron chi connectivity index (χ0n) is 30.6. The van der Waals surface area contributed by atoms with Crippen LogP contribution >= 0.6 is 8.25 Å². The van der Waals surface area contributed by atoms with Crippen LogP contribution in [0.15, 0.2) is 0 Å². The third-order valence-electron chi connectivity index (χ3n) is 8.24. The third-order valence-corrected chi connectivity index (χ3v) is 8.70. The largest absolute Gasteiger partial charge is 0.462 e. The second-order valence-electron chi connectivity index (χ2n) is 12.9. The molecule has 0 rings (SSSR count). The van der Waals surface area contributed by atoms with Gasteiger partial charge in [0.2, 0.25) is 0 Å². The topological polar surface area (TPSA) is 145 Å². The zero-order chi connectivity index (χ0) is 35.1. The van der Waals surface area contributed by atoms with Crippen LogP contribution in [0.2, 0.25) is 0 Å². The van der Waals surface area contributed by atoms with Gasteiger partial charge in [0.25, 0.3) is 0 Å². The SMILES string of the molecule is CCCCCCCCCCCCCCCC(=O)OC[C@H](CO)OC(=O)CCCCCCCCCCCCCCC.NCCO[PH](=O)O. The Morgan fingerprint density at radius 3 is 1.23 bits per heavy atom. The molecule has 0 aromatic carbocycles. The van der Waals surface area contributed by atoms with Crippen molar-refractivity contribution in [3.05, 3.63) is 0 Å². The van der Waals surface area contributed by atoms with Crippen LogP contribution in [0.3, 0.4) is 0 Å². The number of nitrogens with two attached hydrogens (primary N) is 1. The first kappa shape index (κ1) is 48.1. The highest BCUT2D eigenvalue weighted by Crippen LogP contribution is 2.15. The molecule has 1 unspecified atom stereocenters. The molecule has 0 fully saturated rings. The number of aliphatic hydroxyl groups is 1. The van der Waals surface area contributed by atoms with Gasteiger partial charge in [-0.1, -0.05) is 168 Å². The summed E-state index contributed by atoms with van der Waals surface area (Å²) in [5.74, 6) is -0.580. The van der Waals surface area contributed by atoms with Crippen LogP contribution in [0.1, 0.15) is 194 Å². The predicted octanol–water partition coefficient (Wildman–Crippen LogP) is 9.74. The van der Waals surface area contributed by atoms with E-state index in [9.17, 15) is 19.3 Å². The van der Waals surface area contributed by atoms with E-state index >= 15 is 0 Å². The van der Waals surface area contributed by atoms with Gasteiger partial charge in [-0.2, -0.15) is 0 Å². The van der Waals surface area contributed by atoms with Crippen molar-refractivity contribution in [1.82, 2.24) is 0 Å². The Labute approximate surface area is 289 Å². The quantitative estimate of drug-likeness (QED) is 0.0335. The maximum absolute atomic E-state index is 12.1. The number of unbranched alkanes of at least 4 members (excludes halogenated alkanes) is 24. The van der Waals surface area contributed by atoms with Gasteiger partial charge in [0.1, 0.15) is 6.61 Å². The summed E-state index contributed by atoms with van der Waals surface area (Å²) in [6, 6.07) is 0. The lowest BCUT2D eigenvalue weighted by atomic mass is 10.0. The molecule has 0 radical (unpaired) electrons. The fourth-order valence-corrected chi connectivity index (χ4v) is 5.64. The first-order valence-corrected chi connectivity index (χ1v) is 20.7. The van der Waals surface area contributed by atoms with Crippen LogP contribution in [-0.2, 0) is 28.2 Å². The smallest absolute Gasteiger partial charge is 0.316 e. The molecule has 0 aliphatic rings. The first-order chi connectivity index (χ1) is 22.9. The summed E-state index contributed by atoms with van der Waals surface area (Å²) in [5, 5.41) is 9.50. The molecule has 0 aromatic rings. The number of hydrogen-bond donors (Lipinski definition) is 3. The molecule has 47 heavy (non-hydrogen) atoms. The fraction of sp³-hybridized carbons (Fsp3) is 0.946. The molecule has 282 valence electrons. The van der Waals surface area contributed by atoms with Gasteiger partial charge in [0.05, 0.1) is 13.2 Å². The van der Waals surface area contributed by atoms with Crippen LogP contribution in [0.5, 0.6) is 0 Å². The molecule has 0 saturated carbocycles. The van der Waals surface area contributed by atoms with Crippen LogP contribution in [0.25, 0.3) is 0 Å². The van der Waals surface area contributed by atoms with Gasteiger partial charge < -0.3 is 29.7 Å². The van der Waals surface area contributed by atoms with Crippen molar-refractivity contribution in [2.45, 2.75) is 200 Å². The lowest BCUT2D eigenvalue weighted by Gasteiger charge is -2.15. The Hall–Kier alpha value is -0.990. The molecule has 0 bridgehead atoms. The van der Waals surface area contributed by atoms with Crippen molar-refractivity contribution in [3.8, 4) is 0 Å². The average Bonchev–Trinajstić information content (AvgIpc) is 3.06. The van der Waals surface area contributed by atoms with E-state index in [2.05, 4.69) is 18.4 Å². The second-order valence-corrected chi connectivity index (χ2v) is 13.7. The Kier molecular flexibility index (Phi) is 42.2. The molecule has 10 heteroatoms. The summed E-state index contributed by atoms with van der Waals surface area (Å²) in [4.78, 5) is 32.1. The number of carbonyl (C=O) groups is 2. The molecule has 0 aliphatic carbocycles. The molecule has 0 spiro atoms. The lowest BCUT2D eigenvalue weighted by molar-refractivity contribution is -0.161. The molecular weight excluding hydrogens is 617 g/mol. The van der Waals surface area contributed by atoms with Gasteiger partial charge in [0, 0.05) is 19.4 Å². The van der Waals surface area contributed by atoms with E-state index < -0.39 is 14.4 Å². The first-order valence-electron chi connectivity index (χ1n) is 19.4. The van der Waals surface area contributed by atoms with Crippen molar-refractivity contribution in [1.29, 1.82) is 0 Å². The van der Waals surface area contributed by atoms with Crippen molar-refractivity contribution >= 4 is 20.2 Å². The summed E-state index contributed by atoms with van der Waals surface area (Å²) in [5.41, 5.74) is 4.92. The minimum atomic E-state index is -2.73. The summed E-state index contributed by atoms with van der Waals surface area (Å²) >= 11 is 0. The van der Waals surface area contributed by atoms with Gasteiger partial charge in [-0.25, -0.2) is 0 Å². The molecular formula is C37H76NO8P. The Balaban J connectivity index is 0. The van der Waals surface area contributed by atoms with E-state index in [1.54, 1.807) is 0 Å². The Morgan fingerprint density at radius 2 is 0.936 bits per heavy atom. The van der Waals surface area contributed by atoms with Crippen LogP contribution in [0, 0.1) is 0 Å². The standard InChI is InChI=1S/C35H68O5.C2H8NO3P/c1-3-5-7-9-11-13-15-17-19-21-23-25-27-29-34(37)39-32-33(31-36)40-35(38)30-28-26-24-22-20-18-16-14-12-10-8-6-4-2;3-1-2-6-7(4)5/h33,36H,3-32H2,1-2H3;7H,1-3H2,(H,4,5)/t33-;/m0./s1. The number of hydrogen-bond acceptors (Lipinski definition) is 8. The van der Waals surface area contributed by atoms with Crippen LogP contribution in [0.4, 0.5) is 0 Å². The maximum atomic E-state index is 12.1. The Morgan fingerprint density at radius 1 is 0.596 bits per heavy atom. The maximum Gasteiger partial charge on any atom is 0.316 e. The predicted molar refractivity (Wildman–Crippen MR) is 195 cm³/mol. The number of esters is 2. The van der Waals surface area contributed by atoms with Gasteiger partial charge in [-0.15, -0.1) is 0 Å². The molecule has 4 N–H and O–H groups in total. The Bertz CT molecular complexity index is 683. The molecule has 0 heterocycles. The average molecular weight is 694 g/mol. The van der Waals surface area contributed by atoms with E-state index in [4.69, 9.17) is 20.1 Å². The van der Waals surface area contributed by atoms with Crippen molar-refractivity contribution < 1.29 is 38.2 Å². The molecule has 0 amide bonds.